The standard InChI is InChI=1S/C11H11N3O3S/c1-7(15)8-6-13-11(17)14(10(8)16)4-2-9-12-3-5-18-9/h3,5-6H,2,4H2,1H3,(H,13,17). The molecular formula is C11H11N3O3S. The highest BCUT2D eigenvalue weighted by molar-refractivity contribution is 7.09. The lowest BCUT2D eigenvalue weighted by molar-refractivity contribution is 0.101. The molecule has 2 aromatic rings. The molecule has 1 N–H and O–H groups in total. The smallest absolute Gasteiger partial charge is 0.313 e. The van der Waals surface area contributed by atoms with E-state index >= 15 is 0 Å². The zero-order valence-electron chi connectivity index (χ0n) is 9.67. The second kappa shape index (κ2) is 5.09. The first-order chi connectivity index (χ1) is 8.59. The molecule has 2 aromatic heterocycles. The number of rotatable bonds is 4. The fourth-order valence-corrected chi connectivity index (χ4v) is 2.16. The summed E-state index contributed by atoms with van der Waals surface area (Å²) in [5.41, 5.74) is -1.07. The fourth-order valence-electron chi connectivity index (χ4n) is 1.55. The molecule has 0 atom stereocenters. The molecule has 7 heteroatoms. The van der Waals surface area contributed by atoms with Crippen LogP contribution < -0.4 is 11.2 Å². The van der Waals surface area contributed by atoms with Gasteiger partial charge < -0.3 is 4.98 Å². The maximum absolute atomic E-state index is 11.9. The summed E-state index contributed by atoms with van der Waals surface area (Å²) in [5, 5.41) is 2.67. The molecule has 0 amide bonds. The number of ketones is 1. The molecule has 0 radical (unpaired) electrons. The number of nitrogens with one attached hydrogen (secondary N) is 1. The van der Waals surface area contributed by atoms with Crippen molar-refractivity contribution in [2.75, 3.05) is 0 Å². The number of hydrogen-bond donors (Lipinski definition) is 1. The van der Waals surface area contributed by atoms with E-state index in [0.29, 0.717) is 6.42 Å². The predicted octanol–water partition coefficient (Wildman–Crippen LogP) is 0.438. The van der Waals surface area contributed by atoms with Crippen molar-refractivity contribution in [3.05, 3.63) is 49.2 Å². The van der Waals surface area contributed by atoms with E-state index in [9.17, 15) is 14.4 Å². The Morgan fingerprint density at radius 2 is 2.28 bits per heavy atom. The first-order valence-electron chi connectivity index (χ1n) is 5.31. The lowest BCUT2D eigenvalue weighted by atomic mass is 10.2. The van der Waals surface area contributed by atoms with Crippen molar-refractivity contribution < 1.29 is 4.79 Å². The van der Waals surface area contributed by atoms with Gasteiger partial charge in [0.2, 0.25) is 0 Å². The van der Waals surface area contributed by atoms with Crippen molar-refractivity contribution in [1.82, 2.24) is 14.5 Å². The van der Waals surface area contributed by atoms with Gasteiger partial charge in [-0.15, -0.1) is 11.3 Å². The van der Waals surface area contributed by atoms with E-state index in [2.05, 4.69) is 9.97 Å². The molecule has 0 aliphatic heterocycles. The van der Waals surface area contributed by atoms with Crippen LogP contribution in [0, 0.1) is 0 Å². The van der Waals surface area contributed by atoms with Gasteiger partial charge in [-0.05, 0) is 6.92 Å². The number of carbonyl (C=O) groups excluding carboxylic acids is 1. The predicted molar refractivity (Wildman–Crippen MR) is 67.1 cm³/mol. The summed E-state index contributed by atoms with van der Waals surface area (Å²) in [6.07, 6.45) is 3.31. The summed E-state index contributed by atoms with van der Waals surface area (Å²) in [7, 11) is 0. The third-order valence-corrected chi connectivity index (χ3v) is 3.31. The molecule has 6 nitrogen and oxygen atoms in total. The Balaban J connectivity index is 2.32. The minimum absolute atomic E-state index is 0.00580. The molecule has 0 saturated carbocycles. The van der Waals surface area contributed by atoms with Crippen molar-refractivity contribution in [3.63, 3.8) is 0 Å². The van der Waals surface area contributed by atoms with Crippen LogP contribution in [0.4, 0.5) is 0 Å². The summed E-state index contributed by atoms with van der Waals surface area (Å²) in [5.74, 6) is -0.362. The molecule has 0 aliphatic rings. The third-order valence-electron chi connectivity index (χ3n) is 2.47. The summed E-state index contributed by atoms with van der Waals surface area (Å²) < 4.78 is 1.03. The molecule has 0 aromatic carbocycles. The van der Waals surface area contributed by atoms with Gasteiger partial charge in [0.1, 0.15) is 0 Å². The number of hydrogen-bond acceptors (Lipinski definition) is 5. The van der Waals surface area contributed by atoms with Gasteiger partial charge in [-0.3, -0.25) is 14.2 Å². The van der Waals surface area contributed by atoms with Gasteiger partial charge in [0.25, 0.3) is 5.56 Å². The summed E-state index contributed by atoms with van der Waals surface area (Å²) in [6, 6.07) is 0. The quantitative estimate of drug-likeness (QED) is 0.813. The van der Waals surface area contributed by atoms with E-state index in [1.54, 1.807) is 6.20 Å². The van der Waals surface area contributed by atoms with Crippen molar-refractivity contribution in [1.29, 1.82) is 0 Å². The van der Waals surface area contributed by atoms with Crippen LogP contribution in [0.15, 0.2) is 27.4 Å². The number of aromatic amines is 1. The Morgan fingerprint density at radius 3 is 2.89 bits per heavy atom. The van der Waals surface area contributed by atoms with Crippen molar-refractivity contribution in [2.24, 2.45) is 0 Å². The van der Waals surface area contributed by atoms with Crippen LogP contribution in [0.2, 0.25) is 0 Å². The fraction of sp³-hybridized carbons (Fsp3) is 0.273. The van der Waals surface area contributed by atoms with Crippen LogP contribution in [-0.2, 0) is 13.0 Å². The van der Waals surface area contributed by atoms with E-state index in [4.69, 9.17) is 0 Å². The first-order valence-corrected chi connectivity index (χ1v) is 6.19. The van der Waals surface area contributed by atoms with Crippen LogP contribution in [0.1, 0.15) is 22.3 Å². The number of Topliss-reactive ketones (excluding diaryl/α,β-unsaturated/α-hetero) is 1. The van der Waals surface area contributed by atoms with Gasteiger partial charge in [0.15, 0.2) is 5.78 Å². The summed E-state index contributed by atoms with van der Waals surface area (Å²) in [4.78, 5) is 41.1. The zero-order chi connectivity index (χ0) is 13.1. The largest absolute Gasteiger partial charge is 0.328 e. The van der Waals surface area contributed by atoms with Crippen molar-refractivity contribution in [2.45, 2.75) is 19.9 Å². The molecule has 0 saturated heterocycles. The molecule has 2 rings (SSSR count). The maximum Gasteiger partial charge on any atom is 0.328 e. The molecule has 0 bridgehead atoms. The van der Waals surface area contributed by atoms with Gasteiger partial charge >= 0.3 is 5.69 Å². The maximum atomic E-state index is 11.9. The minimum atomic E-state index is -0.553. The molecule has 0 spiro atoms. The Labute approximate surface area is 106 Å². The molecule has 2 heterocycles. The molecule has 0 aliphatic carbocycles. The van der Waals surface area contributed by atoms with Crippen LogP contribution in [0.3, 0.4) is 0 Å². The van der Waals surface area contributed by atoms with Crippen LogP contribution in [-0.4, -0.2) is 20.3 Å². The topological polar surface area (TPSA) is 84.8 Å². The second-order valence-corrected chi connectivity index (χ2v) is 4.68. The van der Waals surface area contributed by atoms with E-state index < -0.39 is 11.2 Å². The first kappa shape index (κ1) is 12.4. The number of aryl methyl sites for hydroxylation is 1. The minimum Gasteiger partial charge on any atom is -0.313 e. The van der Waals surface area contributed by atoms with Gasteiger partial charge in [-0.1, -0.05) is 0 Å². The summed E-state index contributed by atoms with van der Waals surface area (Å²) >= 11 is 1.46. The van der Waals surface area contributed by atoms with Crippen LogP contribution in [0.5, 0.6) is 0 Å². The SMILES string of the molecule is CC(=O)c1c[nH]c(=O)n(CCc2nccs2)c1=O. The van der Waals surface area contributed by atoms with E-state index in [-0.39, 0.29) is 17.9 Å². The Morgan fingerprint density at radius 1 is 1.50 bits per heavy atom. The van der Waals surface area contributed by atoms with Gasteiger partial charge in [0, 0.05) is 30.7 Å². The molecule has 0 unspecified atom stereocenters. The normalized spacial score (nSPS) is 10.5. The molecule has 18 heavy (non-hydrogen) atoms. The average Bonchev–Trinajstić information content (AvgIpc) is 2.81. The van der Waals surface area contributed by atoms with Crippen molar-refractivity contribution >= 4 is 17.1 Å². The second-order valence-electron chi connectivity index (χ2n) is 3.70. The highest BCUT2D eigenvalue weighted by Crippen LogP contribution is 2.04. The molecule has 0 fully saturated rings. The number of H-pyrrole nitrogens is 1. The molecule has 94 valence electrons. The number of nitrogens with zero attached hydrogens (tertiary/aromatic N) is 2. The average molecular weight is 265 g/mol. The Kier molecular flexibility index (Phi) is 3.52. The monoisotopic (exact) mass is 265 g/mol. The van der Waals surface area contributed by atoms with E-state index in [1.165, 1.54) is 18.3 Å². The number of carbonyl (C=O) groups is 1. The summed E-state index contributed by atoms with van der Waals surface area (Å²) in [6.45, 7) is 1.50. The van der Waals surface area contributed by atoms with Gasteiger partial charge in [-0.25, -0.2) is 9.78 Å². The zero-order valence-corrected chi connectivity index (χ0v) is 10.5. The highest BCUT2D eigenvalue weighted by Gasteiger charge is 2.11. The van der Waals surface area contributed by atoms with E-state index in [0.717, 1.165) is 15.8 Å². The third kappa shape index (κ3) is 2.45. The molecular weight excluding hydrogens is 254 g/mol. The van der Waals surface area contributed by atoms with E-state index in [1.807, 2.05) is 5.38 Å². The Hall–Kier alpha value is -2.02. The lowest BCUT2D eigenvalue weighted by Crippen LogP contribution is -2.38. The van der Waals surface area contributed by atoms with Gasteiger partial charge in [-0.2, -0.15) is 0 Å². The van der Waals surface area contributed by atoms with Crippen LogP contribution in [0.25, 0.3) is 0 Å². The number of aromatic nitrogens is 3. The number of thiazole rings is 1. The van der Waals surface area contributed by atoms with Gasteiger partial charge in [0.05, 0.1) is 10.6 Å². The van der Waals surface area contributed by atoms with Crippen LogP contribution >= 0.6 is 11.3 Å². The van der Waals surface area contributed by atoms with Crippen molar-refractivity contribution in [3.8, 4) is 0 Å². The lowest BCUT2D eigenvalue weighted by Gasteiger charge is -2.04. The Bertz CT molecular complexity index is 670. The highest BCUT2D eigenvalue weighted by atomic mass is 32.1.